The first kappa shape index (κ1) is 23.0. The maximum absolute atomic E-state index is 13.3. The molecular weight excluding hydrogens is 414 g/mol. The van der Waals surface area contributed by atoms with Gasteiger partial charge >= 0.3 is 5.97 Å². The van der Waals surface area contributed by atoms with Crippen LogP contribution in [0.3, 0.4) is 0 Å². The molecule has 1 fully saturated rings. The SMILES string of the molecule is CC1=C(C(=O)OCCOc2ccccc2)[C@H](c2ccc(C)cc2)C2C(=O)CC(C)(C)CC2=N1. The fraction of sp³-hybridized carbons (Fsp3) is 0.393. The van der Waals surface area contributed by atoms with Crippen LogP contribution < -0.4 is 4.74 Å². The highest BCUT2D eigenvalue weighted by Gasteiger charge is 2.47. The number of rotatable bonds is 6. The van der Waals surface area contributed by atoms with E-state index in [1.165, 1.54) is 0 Å². The van der Waals surface area contributed by atoms with Crippen molar-refractivity contribution < 1.29 is 19.1 Å². The minimum Gasteiger partial charge on any atom is -0.490 e. The number of allylic oxidation sites excluding steroid dienone is 1. The third kappa shape index (κ3) is 5.08. The van der Waals surface area contributed by atoms with Crippen LogP contribution in [0, 0.1) is 18.3 Å². The van der Waals surface area contributed by atoms with Crippen LogP contribution in [-0.4, -0.2) is 30.7 Å². The lowest BCUT2D eigenvalue weighted by molar-refractivity contribution is -0.140. The Hall–Kier alpha value is -3.21. The smallest absolute Gasteiger partial charge is 0.336 e. The molecular formula is C28H31NO4. The minimum absolute atomic E-state index is 0.118. The summed E-state index contributed by atoms with van der Waals surface area (Å²) in [6.45, 7) is 8.43. The van der Waals surface area contributed by atoms with Gasteiger partial charge in [0.05, 0.1) is 11.5 Å². The Morgan fingerprint density at radius 1 is 0.970 bits per heavy atom. The number of aryl methyl sites for hydroxylation is 1. The van der Waals surface area contributed by atoms with Gasteiger partial charge in [0.15, 0.2) is 0 Å². The highest BCUT2D eigenvalue weighted by Crippen LogP contribution is 2.47. The van der Waals surface area contributed by atoms with E-state index in [4.69, 9.17) is 14.5 Å². The molecule has 4 rings (SSSR count). The van der Waals surface area contributed by atoms with E-state index >= 15 is 0 Å². The predicted molar refractivity (Wildman–Crippen MR) is 128 cm³/mol. The summed E-state index contributed by atoms with van der Waals surface area (Å²) >= 11 is 0. The molecule has 0 N–H and O–H groups in total. The maximum Gasteiger partial charge on any atom is 0.336 e. The van der Waals surface area contributed by atoms with Crippen molar-refractivity contribution in [3.63, 3.8) is 0 Å². The van der Waals surface area contributed by atoms with E-state index in [2.05, 4.69) is 13.8 Å². The molecule has 1 unspecified atom stereocenters. The molecule has 1 heterocycles. The molecule has 0 amide bonds. The Bertz CT molecular complexity index is 1100. The van der Waals surface area contributed by atoms with Gasteiger partial charge < -0.3 is 9.47 Å². The van der Waals surface area contributed by atoms with Crippen molar-refractivity contribution in [3.05, 3.63) is 77.0 Å². The van der Waals surface area contributed by atoms with E-state index in [0.29, 0.717) is 17.7 Å². The number of fused-ring (bicyclic) bond motifs is 1. The number of carbonyl (C=O) groups is 2. The van der Waals surface area contributed by atoms with E-state index in [9.17, 15) is 9.59 Å². The largest absolute Gasteiger partial charge is 0.490 e. The Labute approximate surface area is 195 Å². The van der Waals surface area contributed by atoms with Gasteiger partial charge in [-0.05, 0) is 43.4 Å². The standard InChI is InChI=1S/C28H31NO4/c1-18-10-12-20(13-11-18)25-24(27(31)33-15-14-32-21-8-6-5-7-9-21)19(2)29-22-16-28(3,4)17-23(30)26(22)25/h5-13,25-26H,14-17H2,1-4H3/t25-,26?/m0/s1. The van der Waals surface area contributed by atoms with Gasteiger partial charge in [0.2, 0.25) is 0 Å². The van der Waals surface area contributed by atoms with Crippen LogP contribution >= 0.6 is 0 Å². The highest BCUT2D eigenvalue weighted by molar-refractivity contribution is 6.12. The van der Waals surface area contributed by atoms with Crippen molar-refractivity contribution in [3.8, 4) is 5.75 Å². The summed E-state index contributed by atoms with van der Waals surface area (Å²) in [5.41, 5.74) is 3.92. The monoisotopic (exact) mass is 445 g/mol. The molecule has 1 aliphatic heterocycles. The minimum atomic E-state index is -0.435. The number of hydrogen-bond donors (Lipinski definition) is 0. The van der Waals surface area contributed by atoms with Gasteiger partial charge in [0.1, 0.15) is 24.7 Å². The molecule has 33 heavy (non-hydrogen) atoms. The molecule has 5 nitrogen and oxygen atoms in total. The van der Waals surface area contributed by atoms with Gasteiger partial charge in [0, 0.05) is 23.7 Å². The van der Waals surface area contributed by atoms with Crippen molar-refractivity contribution >= 4 is 17.5 Å². The van der Waals surface area contributed by atoms with Crippen LogP contribution in [-0.2, 0) is 14.3 Å². The van der Waals surface area contributed by atoms with E-state index in [1.807, 2.05) is 68.4 Å². The van der Waals surface area contributed by atoms with Gasteiger partial charge in [-0.3, -0.25) is 9.79 Å². The first-order valence-electron chi connectivity index (χ1n) is 11.5. The third-order valence-corrected chi connectivity index (χ3v) is 6.35. The molecule has 1 aliphatic carbocycles. The Balaban J connectivity index is 1.60. The number of para-hydroxylation sites is 1. The van der Waals surface area contributed by atoms with Crippen LogP contribution in [0.2, 0.25) is 0 Å². The zero-order chi connectivity index (χ0) is 23.6. The van der Waals surface area contributed by atoms with E-state index in [1.54, 1.807) is 0 Å². The third-order valence-electron chi connectivity index (χ3n) is 6.35. The molecule has 2 atom stereocenters. The van der Waals surface area contributed by atoms with Crippen LogP contribution in [0.5, 0.6) is 5.75 Å². The number of nitrogens with zero attached hydrogens (tertiary/aromatic N) is 1. The van der Waals surface area contributed by atoms with E-state index in [0.717, 1.165) is 29.0 Å². The summed E-state index contributed by atoms with van der Waals surface area (Å²) in [5, 5.41) is 0. The second kappa shape index (κ2) is 9.34. The number of hydrogen-bond acceptors (Lipinski definition) is 5. The number of esters is 1. The molecule has 1 saturated carbocycles. The first-order chi connectivity index (χ1) is 15.7. The molecule has 0 saturated heterocycles. The molecule has 2 aromatic rings. The summed E-state index contributed by atoms with van der Waals surface area (Å²) in [4.78, 5) is 31.3. The Kier molecular flexibility index (Phi) is 6.50. The molecule has 0 aromatic heterocycles. The number of ketones is 1. The molecule has 2 aromatic carbocycles. The second-order valence-electron chi connectivity index (χ2n) is 9.75. The lowest BCUT2D eigenvalue weighted by atomic mass is 9.63. The van der Waals surface area contributed by atoms with E-state index in [-0.39, 0.29) is 30.3 Å². The molecule has 2 aliphatic rings. The zero-order valence-electron chi connectivity index (χ0n) is 19.8. The fourth-order valence-corrected chi connectivity index (χ4v) is 4.88. The first-order valence-corrected chi connectivity index (χ1v) is 11.5. The zero-order valence-corrected chi connectivity index (χ0v) is 19.8. The number of carbonyl (C=O) groups excluding carboxylic acids is 2. The summed E-state index contributed by atoms with van der Waals surface area (Å²) in [7, 11) is 0. The molecule has 0 bridgehead atoms. The highest BCUT2D eigenvalue weighted by atomic mass is 16.6. The van der Waals surface area contributed by atoms with Crippen LogP contribution in [0.1, 0.15) is 50.7 Å². The van der Waals surface area contributed by atoms with Crippen molar-refractivity contribution in [2.45, 2.75) is 46.5 Å². The summed E-state index contributed by atoms with van der Waals surface area (Å²) in [5.74, 6) is -0.378. The van der Waals surface area contributed by atoms with Crippen molar-refractivity contribution in [2.75, 3.05) is 13.2 Å². The van der Waals surface area contributed by atoms with Gasteiger partial charge in [-0.15, -0.1) is 0 Å². The van der Waals surface area contributed by atoms with Gasteiger partial charge in [0.25, 0.3) is 0 Å². The normalized spacial score (nSPS) is 21.8. The average Bonchev–Trinajstić information content (AvgIpc) is 2.76. The van der Waals surface area contributed by atoms with Crippen molar-refractivity contribution in [1.29, 1.82) is 0 Å². The maximum atomic E-state index is 13.3. The molecule has 5 heteroatoms. The molecule has 172 valence electrons. The summed E-state index contributed by atoms with van der Waals surface area (Å²) in [6, 6.07) is 17.5. The van der Waals surface area contributed by atoms with Crippen LogP contribution in [0.4, 0.5) is 0 Å². The summed E-state index contributed by atoms with van der Waals surface area (Å²) < 4.78 is 11.2. The summed E-state index contributed by atoms with van der Waals surface area (Å²) in [6.07, 6.45) is 1.22. The van der Waals surface area contributed by atoms with Crippen molar-refractivity contribution in [1.82, 2.24) is 0 Å². The topological polar surface area (TPSA) is 65.0 Å². The average molecular weight is 446 g/mol. The number of aliphatic imine (C=N–C) groups is 1. The number of ether oxygens (including phenoxy) is 2. The Morgan fingerprint density at radius 3 is 2.36 bits per heavy atom. The van der Waals surface area contributed by atoms with Gasteiger partial charge in [-0.2, -0.15) is 0 Å². The quantitative estimate of drug-likeness (QED) is 0.439. The lowest BCUT2D eigenvalue weighted by Crippen LogP contribution is -2.44. The van der Waals surface area contributed by atoms with Gasteiger partial charge in [-0.25, -0.2) is 4.79 Å². The Morgan fingerprint density at radius 2 is 1.67 bits per heavy atom. The lowest BCUT2D eigenvalue weighted by Gasteiger charge is -2.41. The predicted octanol–water partition coefficient (Wildman–Crippen LogP) is 5.43. The van der Waals surface area contributed by atoms with Crippen LogP contribution in [0.25, 0.3) is 0 Å². The van der Waals surface area contributed by atoms with E-state index < -0.39 is 11.9 Å². The van der Waals surface area contributed by atoms with Gasteiger partial charge in [-0.1, -0.05) is 61.9 Å². The van der Waals surface area contributed by atoms with Crippen LogP contribution in [0.15, 0.2) is 70.9 Å². The van der Waals surface area contributed by atoms with Crippen molar-refractivity contribution in [2.24, 2.45) is 16.3 Å². The fourth-order valence-electron chi connectivity index (χ4n) is 4.88. The molecule has 0 radical (unpaired) electrons. The number of benzene rings is 2. The number of Topliss-reactive ketones (excluding diaryl/α,β-unsaturated/α-hetero) is 1. The second-order valence-corrected chi connectivity index (χ2v) is 9.75. The molecule has 0 spiro atoms.